The molecular formula is C10H8Cl3O2. The fraction of sp³-hybridized carbons (Fsp3) is 0.200. The molecule has 0 saturated heterocycles. The van der Waals surface area contributed by atoms with Gasteiger partial charge in [-0.15, -0.1) is 0 Å². The molecule has 0 saturated carbocycles. The molecule has 1 aromatic rings. The summed E-state index contributed by atoms with van der Waals surface area (Å²) in [6.07, 6.45) is 1.98. The number of hydrogen-bond acceptors (Lipinski definition) is 2. The number of carbonyl (C=O) groups excluding carboxylic acids is 1. The van der Waals surface area contributed by atoms with Crippen LogP contribution in [0.15, 0.2) is 12.1 Å². The van der Waals surface area contributed by atoms with Gasteiger partial charge in [0.05, 0.1) is 16.5 Å². The second-order valence-corrected chi connectivity index (χ2v) is 3.98. The van der Waals surface area contributed by atoms with E-state index >= 15 is 0 Å². The van der Waals surface area contributed by atoms with Gasteiger partial charge in [-0.05, 0) is 18.6 Å². The van der Waals surface area contributed by atoms with Crippen molar-refractivity contribution in [3.05, 3.63) is 33.6 Å². The van der Waals surface area contributed by atoms with Gasteiger partial charge < -0.3 is 4.74 Å². The third-order valence-corrected chi connectivity index (χ3v) is 2.32. The Morgan fingerprint density at radius 2 is 1.87 bits per heavy atom. The van der Waals surface area contributed by atoms with Gasteiger partial charge in [0, 0.05) is 5.02 Å². The lowest BCUT2D eigenvalue weighted by atomic mass is 10.3. The summed E-state index contributed by atoms with van der Waals surface area (Å²) in [6.45, 7) is 1.83. The standard InChI is InChI=1S/C10H8Cl3O2/c1-2-3-9(14)15-10-7(12)4-6(11)5-8(10)13/h3-5H,2H2,1H3. The van der Waals surface area contributed by atoms with Gasteiger partial charge in [0.25, 0.3) is 0 Å². The Kier molecular flexibility index (Phi) is 4.71. The van der Waals surface area contributed by atoms with Crippen molar-refractivity contribution in [2.45, 2.75) is 13.3 Å². The number of esters is 1. The van der Waals surface area contributed by atoms with E-state index in [2.05, 4.69) is 0 Å². The first-order chi connectivity index (χ1) is 7.04. The van der Waals surface area contributed by atoms with E-state index in [-0.39, 0.29) is 15.8 Å². The second kappa shape index (κ2) is 5.59. The molecule has 0 N–H and O–H groups in total. The average Bonchev–Trinajstić information content (AvgIpc) is 2.11. The molecule has 0 bridgehead atoms. The van der Waals surface area contributed by atoms with E-state index in [1.54, 1.807) is 0 Å². The van der Waals surface area contributed by atoms with Crippen molar-refractivity contribution < 1.29 is 9.53 Å². The summed E-state index contributed by atoms with van der Waals surface area (Å²) in [5.74, 6) is -0.346. The minimum atomic E-state index is -0.483. The molecule has 15 heavy (non-hydrogen) atoms. The van der Waals surface area contributed by atoms with E-state index in [0.29, 0.717) is 11.4 Å². The van der Waals surface area contributed by atoms with E-state index in [1.807, 2.05) is 6.92 Å². The molecule has 0 fully saturated rings. The molecule has 2 nitrogen and oxygen atoms in total. The van der Waals surface area contributed by atoms with Crippen LogP contribution in [0, 0.1) is 6.42 Å². The minimum Gasteiger partial charge on any atom is -0.423 e. The lowest BCUT2D eigenvalue weighted by Gasteiger charge is -2.07. The summed E-state index contributed by atoms with van der Waals surface area (Å²) >= 11 is 17.3. The van der Waals surface area contributed by atoms with Gasteiger partial charge in [-0.1, -0.05) is 41.7 Å². The third kappa shape index (κ3) is 3.56. The minimum absolute atomic E-state index is 0.137. The van der Waals surface area contributed by atoms with Crippen LogP contribution < -0.4 is 4.74 Å². The van der Waals surface area contributed by atoms with E-state index in [9.17, 15) is 4.79 Å². The number of benzene rings is 1. The summed E-state index contributed by atoms with van der Waals surface area (Å²) in [6, 6.07) is 2.92. The molecule has 0 aromatic heterocycles. The highest BCUT2D eigenvalue weighted by Crippen LogP contribution is 2.35. The highest BCUT2D eigenvalue weighted by molar-refractivity contribution is 6.40. The molecule has 0 aliphatic rings. The van der Waals surface area contributed by atoms with Crippen molar-refractivity contribution in [2.75, 3.05) is 0 Å². The predicted molar refractivity (Wildman–Crippen MR) is 61.7 cm³/mol. The van der Waals surface area contributed by atoms with Gasteiger partial charge in [-0.2, -0.15) is 0 Å². The van der Waals surface area contributed by atoms with Crippen LogP contribution in [0.4, 0.5) is 0 Å². The van der Waals surface area contributed by atoms with Crippen molar-refractivity contribution >= 4 is 40.8 Å². The zero-order chi connectivity index (χ0) is 11.4. The predicted octanol–water partition coefficient (Wildman–Crippen LogP) is 4.17. The average molecular weight is 267 g/mol. The summed E-state index contributed by atoms with van der Waals surface area (Å²) in [5.41, 5.74) is 0. The number of carbonyl (C=O) groups is 1. The Balaban J connectivity index is 2.90. The van der Waals surface area contributed by atoms with E-state index in [0.717, 1.165) is 0 Å². The Morgan fingerprint density at radius 1 is 1.33 bits per heavy atom. The first-order valence-corrected chi connectivity index (χ1v) is 5.37. The van der Waals surface area contributed by atoms with Crippen molar-refractivity contribution in [3.8, 4) is 5.75 Å². The normalized spacial score (nSPS) is 10.1. The van der Waals surface area contributed by atoms with Crippen LogP contribution in [-0.4, -0.2) is 5.97 Å². The fourth-order valence-electron chi connectivity index (χ4n) is 0.935. The van der Waals surface area contributed by atoms with Gasteiger partial charge in [-0.3, -0.25) is 4.79 Å². The summed E-state index contributed by atoms with van der Waals surface area (Å²) < 4.78 is 4.95. The van der Waals surface area contributed by atoms with Crippen LogP contribution in [-0.2, 0) is 4.79 Å². The maximum Gasteiger partial charge on any atom is 0.315 e. The van der Waals surface area contributed by atoms with Crippen LogP contribution in [0.2, 0.25) is 15.1 Å². The molecule has 1 radical (unpaired) electrons. The molecule has 0 heterocycles. The van der Waals surface area contributed by atoms with Gasteiger partial charge in [-0.25, -0.2) is 0 Å². The molecule has 81 valence electrons. The number of ether oxygens (including phenoxy) is 1. The van der Waals surface area contributed by atoms with E-state index in [1.165, 1.54) is 18.6 Å². The van der Waals surface area contributed by atoms with Crippen molar-refractivity contribution in [3.63, 3.8) is 0 Å². The van der Waals surface area contributed by atoms with Crippen LogP contribution in [0.5, 0.6) is 5.75 Å². The van der Waals surface area contributed by atoms with Crippen molar-refractivity contribution in [2.24, 2.45) is 0 Å². The van der Waals surface area contributed by atoms with Crippen molar-refractivity contribution in [1.29, 1.82) is 0 Å². The first-order valence-electron chi connectivity index (χ1n) is 4.24. The molecule has 1 rings (SSSR count). The maximum atomic E-state index is 11.2. The van der Waals surface area contributed by atoms with Gasteiger partial charge in [0.15, 0.2) is 5.75 Å². The van der Waals surface area contributed by atoms with Gasteiger partial charge in [0.2, 0.25) is 0 Å². The largest absolute Gasteiger partial charge is 0.423 e. The highest BCUT2D eigenvalue weighted by Gasteiger charge is 2.12. The Bertz CT molecular complexity index is 354. The first kappa shape index (κ1) is 12.6. The molecule has 0 amide bonds. The number of halogens is 3. The van der Waals surface area contributed by atoms with Crippen LogP contribution in [0.3, 0.4) is 0 Å². The topological polar surface area (TPSA) is 26.3 Å². The Hall–Kier alpha value is -0.440. The lowest BCUT2D eigenvalue weighted by molar-refractivity contribution is -0.130. The Labute approximate surface area is 103 Å². The summed E-state index contributed by atoms with van der Waals surface area (Å²) in [7, 11) is 0. The SMILES string of the molecule is CC[CH]C(=O)Oc1c(Cl)cc(Cl)cc1Cl. The lowest BCUT2D eigenvalue weighted by Crippen LogP contribution is -2.08. The molecule has 0 aliphatic heterocycles. The highest BCUT2D eigenvalue weighted by atomic mass is 35.5. The Morgan fingerprint density at radius 3 is 2.33 bits per heavy atom. The molecule has 0 atom stereocenters. The van der Waals surface area contributed by atoms with Crippen LogP contribution >= 0.6 is 34.8 Å². The van der Waals surface area contributed by atoms with E-state index < -0.39 is 5.97 Å². The maximum absolute atomic E-state index is 11.2. The zero-order valence-electron chi connectivity index (χ0n) is 7.89. The summed E-state index contributed by atoms with van der Waals surface area (Å²) in [4.78, 5) is 11.2. The monoisotopic (exact) mass is 265 g/mol. The van der Waals surface area contributed by atoms with Crippen molar-refractivity contribution in [1.82, 2.24) is 0 Å². The molecular weight excluding hydrogens is 258 g/mol. The quantitative estimate of drug-likeness (QED) is 0.606. The van der Waals surface area contributed by atoms with Crippen LogP contribution in [0.1, 0.15) is 13.3 Å². The van der Waals surface area contributed by atoms with Gasteiger partial charge in [0.1, 0.15) is 0 Å². The molecule has 0 unspecified atom stereocenters. The molecule has 5 heteroatoms. The van der Waals surface area contributed by atoms with Crippen LogP contribution in [0.25, 0.3) is 0 Å². The molecule has 1 aromatic carbocycles. The smallest absolute Gasteiger partial charge is 0.315 e. The van der Waals surface area contributed by atoms with Gasteiger partial charge >= 0.3 is 5.97 Å². The zero-order valence-corrected chi connectivity index (χ0v) is 10.2. The number of hydrogen-bond donors (Lipinski definition) is 0. The fourth-order valence-corrected chi connectivity index (χ4v) is 1.83. The number of rotatable bonds is 3. The summed E-state index contributed by atoms with van der Waals surface area (Å²) in [5, 5.41) is 0.819. The molecule has 0 spiro atoms. The third-order valence-electron chi connectivity index (χ3n) is 1.54. The molecule has 0 aliphatic carbocycles. The van der Waals surface area contributed by atoms with E-state index in [4.69, 9.17) is 39.5 Å². The second-order valence-electron chi connectivity index (χ2n) is 2.73.